The number of hydrogen-bond donors (Lipinski definition) is 1. The lowest BCUT2D eigenvalue weighted by atomic mass is 9.88. The quantitative estimate of drug-likeness (QED) is 0.734. The molecule has 1 aliphatic carbocycles. The monoisotopic (exact) mass is 227 g/mol. The average molecular weight is 227 g/mol. The number of aliphatic carboxylic acids is 1. The normalized spacial score (nSPS) is 20.7. The van der Waals surface area contributed by atoms with Crippen molar-refractivity contribution in [2.24, 2.45) is 0 Å². The Balaban J connectivity index is 2.87. The SMILES string of the molecule is CCCN(CC)C1(C(=O)O)CCCCCC1. The van der Waals surface area contributed by atoms with Gasteiger partial charge in [-0.25, -0.2) is 0 Å². The molecule has 0 aromatic rings. The number of carbonyl (C=O) groups is 1. The van der Waals surface area contributed by atoms with Crippen LogP contribution in [0.25, 0.3) is 0 Å². The van der Waals surface area contributed by atoms with E-state index in [1.165, 1.54) is 12.8 Å². The molecule has 0 aliphatic heterocycles. The molecule has 1 aliphatic rings. The van der Waals surface area contributed by atoms with Crippen LogP contribution in [0.4, 0.5) is 0 Å². The zero-order valence-electron chi connectivity index (χ0n) is 10.7. The van der Waals surface area contributed by atoms with E-state index in [0.29, 0.717) is 0 Å². The highest BCUT2D eigenvalue weighted by Crippen LogP contribution is 2.33. The number of rotatable bonds is 5. The third-order valence-corrected chi connectivity index (χ3v) is 3.81. The molecule has 1 N–H and O–H groups in total. The van der Waals surface area contributed by atoms with Crippen molar-refractivity contribution in [3.05, 3.63) is 0 Å². The van der Waals surface area contributed by atoms with E-state index < -0.39 is 11.5 Å². The Morgan fingerprint density at radius 3 is 2.12 bits per heavy atom. The molecule has 0 saturated heterocycles. The van der Waals surface area contributed by atoms with Crippen LogP contribution in [-0.4, -0.2) is 34.6 Å². The summed E-state index contributed by atoms with van der Waals surface area (Å²) >= 11 is 0. The smallest absolute Gasteiger partial charge is 0.324 e. The maximum absolute atomic E-state index is 11.7. The van der Waals surface area contributed by atoms with Crippen molar-refractivity contribution < 1.29 is 9.90 Å². The highest BCUT2D eigenvalue weighted by atomic mass is 16.4. The van der Waals surface area contributed by atoms with Crippen LogP contribution in [0, 0.1) is 0 Å². The largest absolute Gasteiger partial charge is 0.480 e. The highest BCUT2D eigenvalue weighted by Gasteiger charge is 2.42. The van der Waals surface area contributed by atoms with Crippen LogP contribution in [0.3, 0.4) is 0 Å². The molecule has 0 aromatic carbocycles. The summed E-state index contributed by atoms with van der Waals surface area (Å²) in [4.78, 5) is 13.8. The van der Waals surface area contributed by atoms with E-state index >= 15 is 0 Å². The maximum Gasteiger partial charge on any atom is 0.324 e. The van der Waals surface area contributed by atoms with E-state index in [-0.39, 0.29) is 0 Å². The van der Waals surface area contributed by atoms with Crippen molar-refractivity contribution in [3.63, 3.8) is 0 Å². The van der Waals surface area contributed by atoms with Crippen molar-refractivity contribution in [1.82, 2.24) is 4.90 Å². The summed E-state index contributed by atoms with van der Waals surface area (Å²) in [6, 6.07) is 0. The minimum absolute atomic E-state index is 0.568. The van der Waals surface area contributed by atoms with Gasteiger partial charge in [0.1, 0.15) is 5.54 Å². The molecule has 0 atom stereocenters. The van der Waals surface area contributed by atoms with E-state index in [0.717, 1.165) is 45.2 Å². The van der Waals surface area contributed by atoms with Gasteiger partial charge in [-0.05, 0) is 32.4 Å². The van der Waals surface area contributed by atoms with E-state index in [1.807, 2.05) is 0 Å². The van der Waals surface area contributed by atoms with Gasteiger partial charge in [0.15, 0.2) is 0 Å². The lowest BCUT2D eigenvalue weighted by Gasteiger charge is -2.39. The number of carboxylic acid groups (broad SMARTS) is 1. The van der Waals surface area contributed by atoms with Gasteiger partial charge in [0.2, 0.25) is 0 Å². The molecular formula is C13H25NO2. The van der Waals surface area contributed by atoms with Crippen molar-refractivity contribution >= 4 is 5.97 Å². The van der Waals surface area contributed by atoms with E-state index in [2.05, 4.69) is 18.7 Å². The van der Waals surface area contributed by atoms with Crippen LogP contribution in [0.5, 0.6) is 0 Å². The van der Waals surface area contributed by atoms with Gasteiger partial charge in [-0.2, -0.15) is 0 Å². The maximum atomic E-state index is 11.7. The van der Waals surface area contributed by atoms with E-state index in [4.69, 9.17) is 0 Å². The molecule has 1 fully saturated rings. The van der Waals surface area contributed by atoms with Crippen LogP contribution >= 0.6 is 0 Å². The molecule has 0 aromatic heterocycles. The molecule has 94 valence electrons. The Morgan fingerprint density at radius 1 is 1.19 bits per heavy atom. The van der Waals surface area contributed by atoms with Gasteiger partial charge in [0.05, 0.1) is 0 Å². The summed E-state index contributed by atoms with van der Waals surface area (Å²) in [7, 11) is 0. The topological polar surface area (TPSA) is 40.5 Å². The molecule has 3 nitrogen and oxygen atoms in total. The summed E-state index contributed by atoms with van der Waals surface area (Å²) in [5.41, 5.74) is -0.568. The number of hydrogen-bond acceptors (Lipinski definition) is 2. The molecule has 0 amide bonds. The Bertz CT molecular complexity index is 220. The Labute approximate surface area is 98.8 Å². The minimum atomic E-state index is -0.607. The third kappa shape index (κ3) is 2.76. The average Bonchev–Trinajstić information content (AvgIpc) is 2.52. The molecule has 1 saturated carbocycles. The first-order valence-corrected chi connectivity index (χ1v) is 6.66. The van der Waals surface area contributed by atoms with Crippen molar-refractivity contribution in [1.29, 1.82) is 0 Å². The fourth-order valence-electron chi connectivity index (χ4n) is 2.92. The first kappa shape index (κ1) is 13.5. The lowest BCUT2D eigenvalue weighted by molar-refractivity contribution is -0.153. The minimum Gasteiger partial charge on any atom is -0.480 e. The fraction of sp³-hybridized carbons (Fsp3) is 0.923. The van der Waals surface area contributed by atoms with Gasteiger partial charge in [0.25, 0.3) is 0 Å². The van der Waals surface area contributed by atoms with Crippen LogP contribution < -0.4 is 0 Å². The Kier molecular flexibility index (Phi) is 5.26. The van der Waals surface area contributed by atoms with Crippen molar-refractivity contribution in [2.75, 3.05) is 13.1 Å². The first-order chi connectivity index (χ1) is 7.67. The molecule has 0 unspecified atom stereocenters. The van der Waals surface area contributed by atoms with Gasteiger partial charge >= 0.3 is 5.97 Å². The van der Waals surface area contributed by atoms with Crippen LogP contribution in [-0.2, 0) is 4.79 Å². The summed E-state index contributed by atoms with van der Waals surface area (Å²) in [5, 5.41) is 9.60. The molecule has 0 radical (unpaired) electrons. The second kappa shape index (κ2) is 6.24. The van der Waals surface area contributed by atoms with E-state index in [9.17, 15) is 9.90 Å². The molecule has 1 rings (SSSR count). The number of nitrogens with zero attached hydrogens (tertiary/aromatic N) is 1. The molecular weight excluding hydrogens is 202 g/mol. The zero-order chi connectivity index (χ0) is 12.0. The van der Waals surface area contributed by atoms with Gasteiger partial charge in [0, 0.05) is 0 Å². The van der Waals surface area contributed by atoms with Crippen LogP contribution in [0.1, 0.15) is 58.8 Å². The predicted octanol–water partition coefficient (Wildman–Crippen LogP) is 2.90. The van der Waals surface area contributed by atoms with Gasteiger partial charge in [-0.3, -0.25) is 9.69 Å². The number of carboxylic acids is 1. The Hall–Kier alpha value is -0.570. The van der Waals surface area contributed by atoms with Crippen LogP contribution in [0.2, 0.25) is 0 Å². The summed E-state index contributed by atoms with van der Waals surface area (Å²) in [5.74, 6) is -0.607. The second-order valence-corrected chi connectivity index (χ2v) is 4.83. The molecule has 0 heterocycles. The summed E-state index contributed by atoms with van der Waals surface area (Å²) in [6.07, 6.45) is 7.20. The molecule has 3 heteroatoms. The van der Waals surface area contributed by atoms with Crippen molar-refractivity contribution in [3.8, 4) is 0 Å². The third-order valence-electron chi connectivity index (χ3n) is 3.81. The standard InChI is InChI=1S/C13H25NO2/c1-3-11-14(4-2)13(12(15)16)9-7-5-6-8-10-13/h3-11H2,1-2H3,(H,15,16). The molecule has 16 heavy (non-hydrogen) atoms. The number of likely N-dealkylation sites (N-methyl/N-ethyl adjacent to an activating group) is 1. The summed E-state index contributed by atoms with van der Waals surface area (Å²) < 4.78 is 0. The predicted molar refractivity (Wildman–Crippen MR) is 65.6 cm³/mol. The lowest BCUT2D eigenvalue weighted by Crippen LogP contribution is -2.54. The Morgan fingerprint density at radius 2 is 1.75 bits per heavy atom. The second-order valence-electron chi connectivity index (χ2n) is 4.83. The van der Waals surface area contributed by atoms with Crippen molar-refractivity contribution in [2.45, 2.75) is 64.3 Å². The van der Waals surface area contributed by atoms with Gasteiger partial charge < -0.3 is 5.11 Å². The molecule has 0 bridgehead atoms. The molecule has 0 spiro atoms. The van der Waals surface area contributed by atoms with Crippen LogP contribution in [0.15, 0.2) is 0 Å². The van der Waals surface area contributed by atoms with E-state index in [1.54, 1.807) is 0 Å². The first-order valence-electron chi connectivity index (χ1n) is 6.66. The summed E-state index contributed by atoms with van der Waals surface area (Å²) in [6.45, 7) is 5.95. The van der Waals surface area contributed by atoms with Gasteiger partial charge in [-0.15, -0.1) is 0 Å². The fourth-order valence-corrected chi connectivity index (χ4v) is 2.92. The highest BCUT2D eigenvalue weighted by molar-refractivity contribution is 5.78. The zero-order valence-corrected chi connectivity index (χ0v) is 10.7. The van der Waals surface area contributed by atoms with Gasteiger partial charge in [-0.1, -0.05) is 39.5 Å².